The second-order valence-electron chi connectivity index (χ2n) is 6.08. The van der Waals surface area contributed by atoms with Crippen molar-refractivity contribution in [2.24, 2.45) is 5.73 Å². The number of fused-ring (bicyclic) bond motifs is 1. The SMILES string of the molecule is CNCCC(c1ccccc1)c1ccc2c(c1)CC(C(N)=O)N2. The van der Waals surface area contributed by atoms with E-state index in [0.29, 0.717) is 12.3 Å². The fourth-order valence-electron chi connectivity index (χ4n) is 3.27. The average molecular weight is 309 g/mol. The van der Waals surface area contributed by atoms with E-state index in [0.717, 1.165) is 18.7 Å². The molecule has 1 aliphatic rings. The van der Waals surface area contributed by atoms with E-state index >= 15 is 0 Å². The molecule has 0 fully saturated rings. The number of nitrogens with two attached hydrogens (primary N) is 1. The van der Waals surface area contributed by atoms with Gasteiger partial charge in [0.05, 0.1) is 0 Å². The van der Waals surface area contributed by atoms with Crippen molar-refractivity contribution < 1.29 is 4.79 Å². The van der Waals surface area contributed by atoms with Crippen molar-refractivity contribution in [2.75, 3.05) is 18.9 Å². The first kappa shape index (κ1) is 15.6. The Balaban J connectivity index is 1.89. The second-order valence-corrected chi connectivity index (χ2v) is 6.08. The number of carbonyl (C=O) groups is 1. The summed E-state index contributed by atoms with van der Waals surface area (Å²) in [4.78, 5) is 11.4. The first-order valence-electron chi connectivity index (χ1n) is 8.07. The standard InChI is InChI=1S/C19H23N3O/c1-21-10-9-16(13-5-3-2-4-6-13)14-7-8-17-15(11-14)12-18(22-17)19(20)23/h2-8,11,16,18,21-22H,9-10,12H2,1H3,(H2,20,23). The van der Waals surface area contributed by atoms with Gasteiger partial charge in [-0.05, 0) is 42.8 Å². The van der Waals surface area contributed by atoms with Gasteiger partial charge in [-0.3, -0.25) is 4.79 Å². The predicted molar refractivity (Wildman–Crippen MR) is 93.6 cm³/mol. The van der Waals surface area contributed by atoms with Gasteiger partial charge in [0.25, 0.3) is 0 Å². The first-order chi connectivity index (χ1) is 11.2. The normalized spacial score (nSPS) is 17.3. The maximum absolute atomic E-state index is 11.4. The summed E-state index contributed by atoms with van der Waals surface area (Å²) >= 11 is 0. The van der Waals surface area contributed by atoms with Gasteiger partial charge in [-0.25, -0.2) is 0 Å². The summed E-state index contributed by atoms with van der Waals surface area (Å²) < 4.78 is 0. The van der Waals surface area contributed by atoms with Crippen molar-refractivity contribution in [3.05, 3.63) is 65.2 Å². The van der Waals surface area contributed by atoms with Crippen LogP contribution in [0.1, 0.15) is 29.0 Å². The van der Waals surface area contributed by atoms with E-state index in [4.69, 9.17) is 5.73 Å². The summed E-state index contributed by atoms with van der Waals surface area (Å²) in [7, 11) is 1.98. The monoisotopic (exact) mass is 309 g/mol. The van der Waals surface area contributed by atoms with Crippen LogP contribution >= 0.6 is 0 Å². The molecule has 0 aromatic heterocycles. The number of rotatable bonds is 6. The third kappa shape index (κ3) is 3.37. The van der Waals surface area contributed by atoms with Gasteiger partial charge in [0.1, 0.15) is 6.04 Å². The van der Waals surface area contributed by atoms with Crippen molar-refractivity contribution in [3.63, 3.8) is 0 Å². The van der Waals surface area contributed by atoms with Gasteiger partial charge in [-0.15, -0.1) is 0 Å². The zero-order valence-electron chi connectivity index (χ0n) is 13.4. The highest BCUT2D eigenvalue weighted by atomic mass is 16.1. The van der Waals surface area contributed by atoms with Gasteiger partial charge >= 0.3 is 0 Å². The molecule has 23 heavy (non-hydrogen) atoms. The van der Waals surface area contributed by atoms with Crippen LogP contribution in [0.15, 0.2) is 48.5 Å². The van der Waals surface area contributed by atoms with Crippen LogP contribution in [0.25, 0.3) is 0 Å². The molecule has 0 radical (unpaired) electrons. The topological polar surface area (TPSA) is 67.1 Å². The summed E-state index contributed by atoms with van der Waals surface area (Å²) in [5.41, 5.74) is 10.2. The molecule has 0 saturated carbocycles. The quantitative estimate of drug-likeness (QED) is 0.767. The minimum absolute atomic E-state index is 0.285. The van der Waals surface area contributed by atoms with E-state index < -0.39 is 0 Å². The Morgan fingerprint density at radius 1 is 1.26 bits per heavy atom. The molecule has 4 nitrogen and oxygen atoms in total. The highest BCUT2D eigenvalue weighted by Crippen LogP contribution is 2.33. The fourth-order valence-corrected chi connectivity index (χ4v) is 3.27. The molecule has 1 amide bonds. The number of carbonyl (C=O) groups excluding carboxylic acids is 1. The van der Waals surface area contributed by atoms with Crippen LogP contribution < -0.4 is 16.4 Å². The lowest BCUT2D eigenvalue weighted by Gasteiger charge is -2.19. The zero-order valence-corrected chi connectivity index (χ0v) is 13.4. The minimum Gasteiger partial charge on any atom is -0.373 e. The molecule has 2 atom stereocenters. The number of anilines is 1. The van der Waals surface area contributed by atoms with Gasteiger partial charge in [0, 0.05) is 18.0 Å². The third-order valence-corrected chi connectivity index (χ3v) is 4.51. The summed E-state index contributed by atoms with van der Waals surface area (Å²) in [6.07, 6.45) is 1.71. The molecule has 1 aliphatic heterocycles. The van der Waals surface area contributed by atoms with E-state index in [2.05, 4.69) is 53.1 Å². The second kappa shape index (κ2) is 6.84. The van der Waals surface area contributed by atoms with E-state index in [1.807, 2.05) is 13.1 Å². The van der Waals surface area contributed by atoms with Crippen molar-refractivity contribution in [1.82, 2.24) is 5.32 Å². The van der Waals surface area contributed by atoms with Crippen molar-refractivity contribution >= 4 is 11.6 Å². The summed E-state index contributed by atoms with van der Waals surface area (Å²) in [5.74, 6) is 0.0547. The molecule has 2 unspecified atom stereocenters. The molecule has 1 heterocycles. The Kier molecular flexibility index (Phi) is 4.63. The van der Waals surface area contributed by atoms with E-state index in [1.165, 1.54) is 16.7 Å². The molecule has 0 spiro atoms. The molecule has 2 aromatic carbocycles. The molecule has 2 aromatic rings. The zero-order chi connectivity index (χ0) is 16.2. The Morgan fingerprint density at radius 3 is 2.74 bits per heavy atom. The lowest BCUT2D eigenvalue weighted by molar-refractivity contribution is -0.118. The number of hydrogen-bond donors (Lipinski definition) is 3. The Morgan fingerprint density at radius 2 is 2.04 bits per heavy atom. The highest BCUT2D eigenvalue weighted by molar-refractivity contribution is 5.86. The van der Waals surface area contributed by atoms with Crippen molar-refractivity contribution in [2.45, 2.75) is 24.8 Å². The number of benzene rings is 2. The molecule has 3 rings (SSSR count). The Hall–Kier alpha value is -2.33. The largest absolute Gasteiger partial charge is 0.373 e. The fraction of sp³-hybridized carbons (Fsp3) is 0.316. The first-order valence-corrected chi connectivity index (χ1v) is 8.07. The Labute approximate surface area is 137 Å². The van der Waals surface area contributed by atoms with Crippen molar-refractivity contribution in [1.29, 1.82) is 0 Å². The maximum atomic E-state index is 11.4. The van der Waals surface area contributed by atoms with Gasteiger partial charge in [-0.1, -0.05) is 42.5 Å². The van der Waals surface area contributed by atoms with Crippen LogP contribution in [0.3, 0.4) is 0 Å². The third-order valence-electron chi connectivity index (χ3n) is 4.51. The molecule has 0 bridgehead atoms. The number of amides is 1. The van der Waals surface area contributed by atoms with Crippen LogP contribution in [0, 0.1) is 0 Å². The molecule has 120 valence electrons. The number of hydrogen-bond acceptors (Lipinski definition) is 3. The summed E-state index contributed by atoms with van der Waals surface area (Å²) in [5, 5.41) is 6.43. The summed E-state index contributed by atoms with van der Waals surface area (Å²) in [6.45, 7) is 0.957. The van der Waals surface area contributed by atoms with Gasteiger partial charge in [0.15, 0.2) is 0 Å². The molecule has 0 aliphatic carbocycles. The molecule has 4 N–H and O–H groups in total. The average Bonchev–Trinajstić information content (AvgIpc) is 3.00. The Bertz CT molecular complexity index is 684. The van der Waals surface area contributed by atoms with Crippen molar-refractivity contribution in [3.8, 4) is 0 Å². The van der Waals surface area contributed by atoms with E-state index in [9.17, 15) is 4.79 Å². The van der Waals surface area contributed by atoms with Gasteiger partial charge in [-0.2, -0.15) is 0 Å². The van der Waals surface area contributed by atoms with Crippen LogP contribution in [0.4, 0.5) is 5.69 Å². The van der Waals surface area contributed by atoms with E-state index in [1.54, 1.807) is 0 Å². The molecule has 4 heteroatoms. The number of nitrogens with one attached hydrogen (secondary N) is 2. The van der Waals surface area contributed by atoms with Gasteiger partial charge in [0.2, 0.25) is 5.91 Å². The van der Waals surface area contributed by atoms with Crippen LogP contribution in [0.2, 0.25) is 0 Å². The van der Waals surface area contributed by atoms with Crippen LogP contribution in [0.5, 0.6) is 0 Å². The summed E-state index contributed by atoms with van der Waals surface area (Å²) in [6, 6.07) is 16.7. The van der Waals surface area contributed by atoms with Crippen LogP contribution in [-0.4, -0.2) is 25.5 Å². The highest BCUT2D eigenvalue weighted by Gasteiger charge is 2.26. The smallest absolute Gasteiger partial charge is 0.240 e. The van der Waals surface area contributed by atoms with E-state index in [-0.39, 0.29) is 11.9 Å². The van der Waals surface area contributed by atoms with Gasteiger partial charge < -0.3 is 16.4 Å². The lowest BCUT2D eigenvalue weighted by atomic mass is 9.87. The van der Waals surface area contributed by atoms with Crippen LogP contribution in [-0.2, 0) is 11.2 Å². The number of primary amides is 1. The molecule has 0 saturated heterocycles. The maximum Gasteiger partial charge on any atom is 0.240 e. The minimum atomic E-state index is -0.294. The molecular formula is C19H23N3O. The molecular weight excluding hydrogens is 286 g/mol. The predicted octanol–water partition coefficient (Wildman–Crippen LogP) is 2.25. The lowest BCUT2D eigenvalue weighted by Crippen LogP contribution is -2.33.